The average Bonchev–Trinajstić information content (AvgIpc) is 2.92. The molecule has 0 aromatic carbocycles. The van der Waals surface area contributed by atoms with Gasteiger partial charge in [0.25, 0.3) is 5.91 Å². The number of rotatable bonds is 2. The fraction of sp³-hybridized carbons (Fsp3) is 0.250. The average molecular weight is 244 g/mol. The molecule has 0 saturated carbocycles. The van der Waals surface area contributed by atoms with Crippen LogP contribution in [0.3, 0.4) is 0 Å². The minimum Gasteiger partial charge on any atom is -0.481 e. The minimum absolute atomic E-state index is 0.0981. The fourth-order valence-electron chi connectivity index (χ4n) is 2.17. The van der Waals surface area contributed by atoms with Gasteiger partial charge < -0.3 is 10.1 Å². The Morgan fingerprint density at radius 1 is 1.50 bits per heavy atom. The number of pyridine rings is 1. The van der Waals surface area contributed by atoms with Gasteiger partial charge in [0, 0.05) is 13.2 Å². The zero-order valence-electron chi connectivity index (χ0n) is 10.1. The smallest absolute Gasteiger partial charge is 0.255 e. The summed E-state index contributed by atoms with van der Waals surface area (Å²) in [7, 11) is 3.38. The molecule has 0 unspecified atom stereocenters. The predicted octanol–water partition coefficient (Wildman–Crippen LogP) is 0.734. The number of methoxy groups -OCH3 is 1. The van der Waals surface area contributed by atoms with Crippen LogP contribution in [-0.2, 0) is 13.6 Å². The number of carbonyl (C=O) groups excluding carboxylic acids is 1. The zero-order chi connectivity index (χ0) is 12.7. The molecule has 1 aliphatic rings. The summed E-state index contributed by atoms with van der Waals surface area (Å²) < 4.78 is 6.93. The van der Waals surface area contributed by atoms with Crippen molar-refractivity contribution in [1.82, 2.24) is 20.1 Å². The fourth-order valence-corrected chi connectivity index (χ4v) is 2.17. The number of nitrogens with one attached hydrogen (secondary N) is 1. The Hall–Kier alpha value is -2.37. The molecule has 18 heavy (non-hydrogen) atoms. The number of aromatic nitrogens is 3. The molecular formula is C12H12N4O2. The molecule has 0 bridgehead atoms. The highest BCUT2D eigenvalue weighted by atomic mass is 16.5. The predicted molar refractivity (Wildman–Crippen MR) is 64.2 cm³/mol. The van der Waals surface area contributed by atoms with Crippen molar-refractivity contribution in [3.63, 3.8) is 0 Å². The molecule has 6 heteroatoms. The zero-order valence-corrected chi connectivity index (χ0v) is 10.1. The number of fused-ring (bicyclic) bond motifs is 1. The maximum Gasteiger partial charge on any atom is 0.255 e. The van der Waals surface area contributed by atoms with E-state index in [1.54, 1.807) is 24.1 Å². The standard InChI is InChI=1S/C12H12N4O2/c1-16-8-6-14-11(17)9(8)10(15-16)7-4-3-5-13-12(7)18-2/h3-5H,6H2,1-2H3,(H,14,17). The molecule has 0 aliphatic carbocycles. The molecule has 1 N–H and O–H groups in total. The topological polar surface area (TPSA) is 69.0 Å². The minimum atomic E-state index is -0.0981. The number of hydrogen-bond donors (Lipinski definition) is 1. The normalized spacial score (nSPS) is 13.3. The highest BCUT2D eigenvalue weighted by Gasteiger charge is 2.29. The van der Waals surface area contributed by atoms with Crippen LogP contribution < -0.4 is 10.1 Å². The third-order valence-corrected chi connectivity index (χ3v) is 3.03. The van der Waals surface area contributed by atoms with Gasteiger partial charge in [0.2, 0.25) is 5.88 Å². The van der Waals surface area contributed by atoms with E-state index < -0.39 is 0 Å². The summed E-state index contributed by atoms with van der Waals surface area (Å²) in [6, 6.07) is 3.64. The second kappa shape index (κ2) is 3.83. The van der Waals surface area contributed by atoms with Crippen molar-refractivity contribution >= 4 is 5.91 Å². The molecule has 1 aliphatic heterocycles. The van der Waals surface area contributed by atoms with Crippen molar-refractivity contribution in [2.24, 2.45) is 7.05 Å². The van der Waals surface area contributed by atoms with Gasteiger partial charge in [-0.15, -0.1) is 0 Å². The summed E-state index contributed by atoms with van der Waals surface area (Å²) in [6.07, 6.45) is 1.64. The van der Waals surface area contributed by atoms with E-state index in [2.05, 4.69) is 15.4 Å². The lowest BCUT2D eigenvalue weighted by Gasteiger charge is -2.05. The number of amides is 1. The Balaban J connectivity index is 2.24. The number of hydrogen-bond acceptors (Lipinski definition) is 4. The second-order valence-electron chi connectivity index (χ2n) is 4.04. The van der Waals surface area contributed by atoms with E-state index in [0.29, 0.717) is 23.7 Å². The van der Waals surface area contributed by atoms with Crippen molar-refractivity contribution in [1.29, 1.82) is 0 Å². The molecule has 1 amide bonds. The first-order valence-electron chi connectivity index (χ1n) is 5.56. The van der Waals surface area contributed by atoms with Crippen LogP contribution in [0, 0.1) is 0 Å². The van der Waals surface area contributed by atoms with Gasteiger partial charge in [-0.3, -0.25) is 9.48 Å². The number of ether oxygens (including phenoxy) is 1. The van der Waals surface area contributed by atoms with Crippen molar-refractivity contribution in [2.45, 2.75) is 6.54 Å². The highest BCUT2D eigenvalue weighted by Crippen LogP contribution is 2.32. The van der Waals surface area contributed by atoms with Gasteiger partial charge in [-0.05, 0) is 12.1 Å². The second-order valence-corrected chi connectivity index (χ2v) is 4.04. The first-order chi connectivity index (χ1) is 8.72. The summed E-state index contributed by atoms with van der Waals surface area (Å²) in [5.41, 5.74) is 2.85. The van der Waals surface area contributed by atoms with Crippen LogP contribution in [0.15, 0.2) is 18.3 Å². The van der Waals surface area contributed by atoms with Crippen molar-refractivity contribution < 1.29 is 9.53 Å². The summed E-state index contributed by atoms with van der Waals surface area (Å²) >= 11 is 0. The molecule has 92 valence electrons. The van der Waals surface area contributed by atoms with E-state index >= 15 is 0 Å². The molecule has 0 atom stereocenters. The third kappa shape index (κ3) is 1.38. The van der Waals surface area contributed by atoms with Gasteiger partial charge in [0.1, 0.15) is 5.69 Å². The number of aryl methyl sites for hydroxylation is 1. The summed E-state index contributed by atoms with van der Waals surface area (Å²) in [6.45, 7) is 0.514. The molecular weight excluding hydrogens is 232 g/mol. The molecule has 2 aromatic heterocycles. The quantitative estimate of drug-likeness (QED) is 0.845. The van der Waals surface area contributed by atoms with Gasteiger partial charge in [-0.2, -0.15) is 5.10 Å². The van der Waals surface area contributed by atoms with Crippen LogP contribution in [0.4, 0.5) is 0 Å². The first-order valence-corrected chi connectivity index (χ1v) is 5.56. The Bertz CT molecular complexity index is 633. The van der Waals surface area contributed by atoms with E-state index in [9.17, 15) is 4.79 Å². The summed E-state index contributed by atoms with van der Waals surface area (Å²) in [5.74, 6) is 0.372. The van der Waals surface area contributed by atoms with Gasteiger partial charge in [0.15, 0.2) is 0 Å². The lowest BCUT2D eigenvalue weighted by Crippen LogP contribution is -2.15. The van der Waals surface area contributed by atoms with Gasteiger partial charge in [-0.25, -0.2) is 4.98 Å². The SMILES string of the molecule is COc1ncccc1-c1nn(C)c2c1C(=O)NC2. The summed E-state index contributed by atoms with van der Waals surface area (Å²) in [4.78, 5) is 16.0. The van der Waals surface area contributed by atoms with Crippen LogP contribution in [0.2, 0.25) is 0 Å². The molecule has 0 radical (unpaired) electrons. The van der Waals surface area contributed by atoms with Crippen LogP contribution in [0.1, 0.15) is 16.1 Å². The van der Waals surface area contributed by atoms with Gasteiger partial charge >= 0.3 is 0 Å². The van der Waals surface area contributed by atoms with E-state index in [1.165, 1.54) is 0 Å². The number of carbonyl (C=O) groups is 1. The molecule has 2 aromatic rings. The maximum atomic E-state index is 11.8. The number of nitrogens with zero attached hydrogens (tertiary/aromatic N) is 3. The molecule has 3 heterocycles. The molecule has 0 fully saturated rings. The van der Waals surface area contributed by atoms with Crippen LogP contribution in [0.5, 0.6) is 5.88 Å². The lowest BCUT2D eigenvalue weighted by molar-refractivity contribution is 0.0966. The van der Waals surface area contributed by atoms with Crippen LogP contribution in [0.25, 0.3) is 11.3 Å². The van der Waals surface area contributed by atoms with Crippen molar-refractivity contribution in [3.8, 4) is 17.1 Å². The Kier molecular flexibility index (Phi) is 2.29. The van der Waals surface area contributed by atoms with E-state index in [0.717, 1.165) is 11.3 Å². The Morgan fingerprint density at radius 3 is 3.11 bits per heavy atom. The van der Waals surface area contributed by atoms with Crippen molar-refractivity contribution in [3.05, 3.63) is 29.6 Å². The summed E-state index contributed by atoms with van der Waals surface area (Å²) in [5, 5.41) is 7.19. The van der Waals surface area contributed by atoms with E-state index in [-0.39, 0.29) is 5.91 Å². The highest BCUT2D eigenvalue weighted by molar-refractivity contribution is 6.03. The monoisotopic (exact) mass is 244 g/mol. The molecule has 6 nitrogen and oxygen atoms in total. The van der Waals surface area contributed by atoms with Gasteiger partial charge in [-0.1, -0.05) is 0 Å². The maximum absolute atomic E-state index is 11.8. The Labute approximate surface area is 104 Å². The third-order valence-electron chi connectivity index (χ3n) is 3.03. The largest absolute Gasteiger partial charge is 0.481 e. The van der Waals surface area contributed by atoms with E-state index in [1.807, 2.05) is 13.1 Å². The van der Waals surface area contributed by atoms with E-state index in [4.69, 9.17) is 4.74 Å². The lowest BCUT2D eigenvalue weighted by atomic mass is 10.1. The molecule has 3 rings (SSSR count). The van der Waals surface area contributed by atoms with Crippen LogP contribution in [-0.4, -0.2) is 27.8 Å². The first kappa shape index (κ1) is 10.8. The van der Waals surface area contributed by atoms with Crippen molar-refractivity contribution in [2.75, 3.05) is 7.11 Å². The van der Waals surface area contributed by atoms with Gasteiger partial charge in [0.05, 0.1) is 30.5 Å². The Morgan fingerprint density at radius 2 is 2.33 bits per heavy atom. The molecule has 0 saturated heterocycles. The van der Waals surface area contributed by atoms with Crippen LogP contribution >= 0.6 is 0 Å². The molecule has 0 spiro atoms.